The Morgan fingerprint density at radius 2 is 1.54 bits per heavy atom. The molecular formula is C49H41ClN4O8S. The van der Waals surface area contributed by atoms with Crippen LogP contribution in [0.1, 0.15) is 52.7 Å². The number of carbonyl (C=O) groups is 5. The van der Waals surface area contributed by atoms with Crippen molar-refractivity contribution in [3.63, 3.8) is 0 Å². The number of aromatic nitrogens is 2. The number of hydrogen-bond acceptors (Lipinski definition) is 10. The van der Waals surface area contributed by atoms with Crippen molar-refractivity contribution in [2.24, 2.45) is 36.1 Å². The zero-order valence-corrected chi connectivity index (χ0v) is 36.5. The smallest absolute Gasteiger partial charge is 0.242 e. The fraction of sp³-hybridized carbons (Fsp3) is 0.265. The first-order valence-electron chi connectivity index (χ1n) is 20.6. The van der Waals surface area contributed by atoms with Gasteiger partial charge in [-0.2, -0.15) is 5.10 Å². The number of nitrogens with zero attached hydrogens (tertiary/aromatic N) is 4. The van der Waals surface area contributed by atoms with E-state index in [9.17, 15) is 19.5 Å². The minimum Gasteiger partial charge on any atom is -0.502 e. The van der Waals surface area contributed by atoms with Crippen molar-refractivity contribution in [2.45, 2.75) is 32.6 Å². The fourth-order valence-corrected chi connectivity index (χ4v) is 12.0. The highest BCUT2D eigenvalue weighted by Gasteiger charge is 2.68. The molecule has 2 aliphatic heterocycles. The number of ketones is 1. The van der Waals surface area contributed by atoms with E-state index in [0.717, 1.165) is 26.1 Å². The van der Waals surface area contributed by atoms with Gasteiger partial charge >= 0.3 is 0 Å². The van der Waals surface area contributed by atoms with Crippen LogP contribution in [0.2, 0.25) is 5.02 Å². The number of allylic oxidation sites excluding steroid dienone is 2. The highest BCUT2D eigenvalue weighted by atomic mass is 35.5. The minimum atomic E-state index is -1.39. The summed E-state index contributed by atoms with van der Waals surface area (Å²) in [5.41, 5.74) is 2.76. The molecule has 4 heterocycles. The molecule has 318 valence electrons. The average Bonchev–Trinajstić information content (AvgIpc) is 3.96. The Balaban J connectivity index is 1.05. The zero-order chi connectivity index (χ0) is 44.2. The third-order valence-electron chi connectivity index (χ3n) is 13.7. The number of ether oxygens (including phenoxy) is 2. The predicted molar refractivity (Wildman–Crippen MR) is 238 cm³/mol. The molecule has 4 aliphatic rings. The number of methoxy groups -OCH3 is 2. The van der Waals surface area contributed by atoms with Gasteiger partial charge in [-0.3, -0.25) is 33.6 Å². The van der Waals surface area contributed by atoms with Crippen molar-refractivity contribution in [1.29, 1.82) is 0 Å². The molecule has 2 saturated heterocycles. The molecule has 2 aliphatic carbocycles. The van der Waals surface area contributed by atoms with E-state index in [0.29, 0.717) is 38.9 Å². The van der Waals surface area contributed by atoms with Crippen LogP contribution in [0.15, 0.2) is 103 Å². The fourth-order valence-electron chi connectivity index (χ4n) is 10.7. The van der Waals surface area contributed by atoms with E-state index in [1.807, 2.05) is 37.3 Å². The number of aryl methyl sites for hydroxylation is 2. The van der Waals surface area contributed by atoms with Crippen molar-refractivity contribution in [1.82, 2.24) is 9.78 Å². The number of carbonyl (C=O) groups excluding carboxylic acids is 5. The summed E-state index contributed by atoms with van der Waals surface area (Å²) < 4.78 is 13.8. The van der Waals surface area contributed by atoms with Crippen molar-refractivity contribution in [2.75, 3.05) is 24.0 Å². The molecule has 0 spiro atoms. The number of halogens is 1. The minimum absolute atomic E-state index is 0.110. The van der Waals surface area contributed by atoms with Crippen molar-refractivity contribution in [3.05, 3.63) is 130 Å². The van der Waals surface area contributed by atoms with E-state index in [4.69, 9.17) is 26.2 Å². The first-order chi connectivity index (χ1) is 30.3. The van der Waals surface area contributed by atoms with Gasteiger partial charge in [0.05, 0.1) is 48.0 Å². The van der Waals surface area contributed by atoms with Crippen LogP contribution in [-0.4, -0.2) is 58.5 Å². The lowest BCUT2D eigenvalue weighted by molar-refractivity contribution is -0.131. The summed E-state index contributed by atoms with van der Waals surface area (Å²) in [4.78, 5) is 76.1. The van der Waals surface area contributed by atoms with Gasteiger partial charge in [0, 0.05) is 39.9 Å². The van der Waals surface area contributed by atoms with E-state index in [2.05, 4.69) is 0 Å². The Kier molecular flexibility index (Phi) is 9.50. The zero-order valence-electron chi connectivity index (χ0n) is 34.9. The number of phenols is 1. The average molecular weight is 881 g/mol. The van der Waals surface area contributed by atoms with E-state index in [1.165, 1.54) is 24.0 Å². The number of rotatable bonds is 8. The summed E-state index contributed by atoms with van der Waals surface area (Å²) in [6.07, 6.45) is 2.31. The predicted octanol–water partition coefficient (Wildman–Crippen LogP) is 8.65. The number of phenolic OH excluding ortho intramolecular Hbond substituents is 1. The third kappa shape index (κ3) is 5.92. The van der Waals surface area contributed by atoms with Crippen LogP contribution >= 0.6 is 22.9 Å². The molecule has 2 aromatic heterocycles. The van der Waals surface area contributed by atoms with Gasteiger partial charge in [0.15, 0.2) is 17.3 Å². The molecule has 10 rings (SSSR count). The van der Waals surface area contributed by atoms with Crippen LogP contribution in [0.25, 0.3) is 20.7 Å². The molecule has 0 radical (unpaired) electrons. The maximum absolute atomic E-state index is 15.4. The van der Waals surface area contributed by atoms with Gasteiger partial charge in [0.2, 0.25) is 29.4 Å². The second kappa shape index (κ2) is 14.8. The number of imide groups is 2. The quantitative estimate of drug-likeness (QED) is 0.0901. The van der Waals surface area contributed by atoms with E-state index < -0.39 is 52.7 Å². The van der Waals surface area contributed by atoms with E-state index in [-0.39, 0.29) is 41.8 Å². The molecular weight excluding hydrogens is 840 g/mol. The van der Waals surface area contributed by atoms with Gasteiger partial charge in [-0.1, -0.05) is 53.6 Å². The molecule has 4 amide bonds. The lowest BCUT2D eigenvalue weighted by Gasteiger charge is -2.49. The Hall–Kier alpha value is -6.57. The Bertz CT molecular complexity index is 2970. The second-order valence-electron chi connectivity index (χ2n) is 16.9. The number of benzene rings is 4. The van der Waals surface area contributed by atoms with Crippen molar-refractivity contribution < 1.29 is 38.6 Å². The van der Waals surface area contributed by atoms with Crippen molar-refractivity contribution in [3.8, 4) is 27.8 Å². The van der Waals surface area contributed by atoms with Crippen LogP contribution in [0.5, 0.6) is 17.2 Å². The first kappa shape index (κ1) is 40.5. The molecule has 1 N–H and O–H groups in total. The molecule has 3 fully saturated rings. The summed E-state index contributed by atoms with van der Waals surface area (Å²) in [6.45, 7) is 3.78. The molecule has 0 unspecified atom stereocenters. The Morgan fingerprint density at radius 3 is 2.22 bits per heavy atom. The number of amides is 4. The SMILES string of the molecule is COc1cc([C@H]2C3=CC[C@@H]4C(=O)N(c5ccc(C(=O)c6ccccc6)cc5)C(=O)[C@@H]4[C@@H]3C[C@H]3C(=O)N(c4cc(-c5sc6ccc(Cl)cc6c5C)nn4C)C(=O)[C@@]23C)cc(OC)c1O. The number of thiophene rings is 1. The number of anilines is 2. The largest absolute Gasteiger partial charge is 0.502 e. The van der Waals surface area contributed by atoms with Gasteiger partial charge < -0.3 is 14.6 Å². The highest BCUT2D eigenvalue weighted by molar-refractivity contribution is 7.22. The maximum atomic E-state index is 15.4. The van der Waals surface area contributed by atoms with Crippen LogP contribution in [0.3, 0.4) is 0 Å². The Labute approximate surface area is 371 Å². The lowest BCUT2D eigenvalue weighted by atomic mass is 9.51. The molecule has 6 aromatic rings. The first-order valence-corrected chi connectivity index (χ1v) is 21.8. The van der Waals surface area contributed by atoms with Crippen LogP contribution in [0.4, 0.5) is 11.5 Å². The maximum Gasteiger partial charge on any atom is 0.242 e. The van der Waals surface area contributed by atoms with Gasteiger partial charge in [-0.15, -0.1) is 11.3 Å². The molecule has 6 atom stereocenters. The second-order valence-corrected chi connectivity index (χ2v) is 18.4. The molecule has 1 saturated carbocycles. The highest BCUT2D eigenvalue weighted by Crippen LogP contribution is 2.64. The van der Waals surface area contributed by atoms with Gasteiger partial charge in [0.1, 0.15) is 11.5 Å². The lowest BCUT2D eigenvalue weighted by Crippen LogP contribution is -2.49. The molecule has 0 bridgehead atoms. The summed E-state index contributed by atoms with van der Waals surface area (Å²) in [7, 11) is 4.53. The summed E-state index contributed by atoms with van der Waals surface area (Å²) >= 11 is 7.89. The standard InChI is InChI=1S/C49H41ClN4O8S/c1-24-32-21-28(50)13-18-38(32)63-44(24)35-23-39(52(3)51-35)54-46(58)34-22-33-30(41(49(34,2)48(54)60)27-19-36(61-4)43(56)37(20-27)62-5)16-17-31-40(33)47(59)53(45(31)57)29-14-11-26(12-15-29)42(55)25-9-7-6-8-10-25/h6-16,18-21,23,31,33-34,40-41,56H,17,22H2,1-5H3/t31-,33+,34-,40-,41-,49+/m0/s1. The molecule has 63 heavy (non-hydrogen) atoms. The number of hydrogen-bond donors (Lipinski definition) is 1. The van der Waals surface area contributed by atoms with Gasteiger partial charge in [0.25, 0.3) is 0 Å². The van der Waals surface area contributed by atoms with Crippen LogP contribution < -0.4 is 19.3 Å². The number of aromatic hydroxyl groups is 1. The monoisotopic (exact) mass is 880 g/mol. The Morgan fingerprint density at radius 1 is 0.857 bits per heavy atom. The number of fused-ring (bicyclic) bond motifs is 5. The normalized spacial score (nSPS) is 24.1. The van der Waals surface area contributed by atoms with E-state index in [1.54, 1.807) is 96.7 Å². The van der Waals surface area contributed by atoms with Crippen LogP contribution in [-0.2, 0) is 26.2 Å². The van der Waals surface area contributed by atoms with Gasteiger partial charge in [-0.05, 0) is 104 Å². The van der Waals surface area contributed by atoms with Crippen LogP contribution in [0, 0.1) is 36.0 Å². The van der Waals surface area contributed by atoms with Crippen molar-refractivity contribution >= 4 is 73.9 Å². The molecule has 4 aromatic carbocycles. The molecule has 12 nitrogen and oxygen atoms in total. The topological polar surface area (TPSA) is 148 Å². The van der Waals surface area contributed by atoms with E-state index >= 15 is 9.59 Å². The van der Waals surface area contributed by atoms with Gasteiger partial charge in [-0.25, -0.2) is 4.90 Å². The summed E-state index contributed by atoms with van der Waals surface area (Å²) in [6, 6.07) is 26.1. The summed E-state index contributed by atoms with van der Waals surface area (Å²) in [5, 5.41) is 17.4. The summed E-state index contributed by atoms with van der Waals surface area (Å²) in [5.74, 6) is -5.41. The third-order valence-corrected chi connectivity index (χ3v) is 15.3. The molecule has 14 heteroatoms.